The number of fused-ring (bicyclic) bond motifs is 1. The quantitative estimate of drug-likeness (QED) is 0.569. The van der Waals surface area contributed by atoms with Crippen molar-refractivity contribution in [1.29, 1.82) is 0 Å². The number of nitrogens with one attached hydrogen (secondary N) is 1. The van der Waals surface area contributed by atoms with Gasteiger partial charge in [-0.25, -0.2) is 0 Å². The fourth-order valence-corrected chi connectivity index (χ4v) is 4.43. The van der Waals surface area contributed by atoms with Crippen LogP contribution in [0.3, 0.4) is 0 Å². The molecule has 0 bridgehead atoms. The van der Waals surface area contributed by atoms with Crippen LogP contribution in [0.15, 0.2) is 41.3 Å². The lowest BCUT2D eigenvalue weighted by molar-refractivity contribution is 0.0982. The van der Waals surface area contributed by atoms with Crippen LogP contribution in [0.1, 0.15) is 58.2 Å². The van der Waals surface area contributed by atoms with Gasteiger partial charge in [-0.3, -0.25) is 14.6 Å². The smallest absolute Gasteiger partial charge is 0.251 e. The van der Waals surface area contributed by atoms with Crippen LogP contribution in [0.2, 0.25) is 0 Å². The van der Waals surface area contributed by atoms with Crippen molar-refractivity contribution in [3.05, 3.63) is 80.5 Å². The van der Waals surface area contributed by atoms with Crippen molar-refractivity contribution in [3.8, 4) is 16.9 Å². The van der Waals surface area contributed by atoms with E-state index in [1.165, 1.54) is 0 Å². The van der Waals surface area contributed by atoms with Gasteiger partial charge < -0.3 is 9.72 Å². The molecule has 0 fully saturated rings. The number of rotatable bonds is 5. The fourth-order valence-electron chi connectivity index (χ4n) is 4.43. The number of aryl methyl sites for hydroxylation is 3. The summed E-state index contributed by atoms with van der Waals surface area (Å²) in [4.78, 5) is 32.9. The number of carbonyl (C=O) groups excluding carboxylic acids is 1. The van der Waals surface area contributed by atoms with E-state index >= 15 is 0 Å². The zero-order valence-corrected chi connectivity index (χ0v) is 19.2. The molecule has 32 heavy (non-hydrogen) atoms. The van der Waals surface area contributed by atoms with Gasteiger partial charge in [0.15, 0.2) is 5.78 Å². The number of hydrogen-bond acceptors (Lipinski definition) is 4. The summed E-state index contributed by atoms with van der Waals surface area (Å²) in [6.07, 6.45) is 4.41. The number of ether oxygens (including phenoxy) is 1. The lowest BCUT2D eigenvalue weighted by Crippen LogP contribution is -2.17. The van der Waals surface area contributed by atoms with Gasteiger partial charge in [-0.05, 0) is 81.3 Å². The normalized spacial score (nSPS) is 15.6. The molecule has 0 spiro atoms. The maximum Gasteiger partial charge on any atom is 0.251 e. The molecule has 0 saturated carbocycles. The van der Waals surface area contributed by atoms with Crippen LogP contribution in [-0.4, -0.2) is 22.4 Å². The molecule has 0 amide bonds. The zero-order chi connectivity index (χ0) is 22.8. The molecule has 1 aromatic carbocycles. The highest BCUT2D eigenvalue weighted by Crippen LogP contribution is 2.38. The molecule has 1 aliphatic rings. The first-order valence-corrected chi connectivity index (χ1v) is 11.3. The number of Topliss-reactive ketones (excluding diaryl/α,β-unsaturated/α-hetero) is 1. The maximum absolute atomic E-state index is 13.2. The average molecular weight is 431 g/mol. The monoisotopic (exact) mass is 430 g/mol. The molecule has 1 unspecified atom stereocenters. The van der Waals surface area contributed by atoms with E-state index in [9.17, 15) is 9.59 Å². The molecule has 1 N–H and O–H groups in total. The van der Waals surface area contributed by atoms with E-state index in [1.54, 1.807) is 0 Å². The van der Waals surface area contributed by atoms with Crippen LogP contribution in [0.5, 0.6) is 5.75 Å². The van der Waals surface area contributed by atoms with Crippen molar-refractivity contribution in [2.75, 3.05) is 6.61 Å². The van der Waals surface area contributed by atoms with Crippen LogP contribution >= 0.6 is 0 Å². The van der Waals surface area contributed by atoms with E-state index in [1.807, 2.05) is 57.3 Å². The van der Waals surface area contributed by atoms with Crippen molar-refractivity contribution >= 4 is 5.78 Å². The Kier molecular flexibility index (Phi) is 6.26. The van der Waals surface area contributed by atoms with Gasteiger partial charge in [-0.2, -0.15) is 0 Å². The lowest BCUT2D eigenvalue weighted by Gasteiger charge is -2.16. The molecule has 0 saturated heterocycles. The summed E-state index contributed by atoms with van der Waals surface area (Å²) in [5.74, 6) is 1.38. The first-order chi connectivity index (χ1) is 15.3. The Bertz CT molecular complexity index is 1210. The van der Waals surface area contributed by atoms with Crippen molar-refractivity contribution in [3.63, 3.8) is 0 Å². The van der Waals surface area contributed by atoms with E-state index in [0.717, 1.165) is 52.2 Å². The van der Waals surface area contributed by atoms with Gasteiger partial charge in [0, 0.05) is 46.3 Å². The molecule has 1 atom stereocenters. The van der Waals surface area contributed by atoms with Crippen molar-refractivity contribution in [2.45, 2.75) is 53.4 Å². The summed E-state index contributed by atoms with van der Waals surface area (Å²) in [5, 5.41) is 0. The number of nitrogens with zero attached hydrogens (tertiary/aromatic N) is 1. The number of aromatic amines is 1. The van der Waals surface area contributed by atoms with Crippen molar-refractivity contribution < 1.29 is 9.53 Å². The second-order valence-corrected chi connectivity index (χ2v) is 9.01. The third-order valence-corrected chi connectivity index (χ3v) is 6.23. The molecule has 4 rings (SSSR count). The summed E-state index contributed by atoms with van der Waals surface area (Å²) in [5.41, 5.74) is 6.87. The van der Waals surface area contributed by atoms with Crippen LogP contribution < -0.4 is 10.3 Å². The number of benzene rings is 1. The Balaban J connectivity index is 1.69. The molecule has 1 aliphatic heterocycles. The molecule has 166 valence electrons. The van der Waals surface area contributed by atoms with Gasteiger partial charge in [0.1, 0.15) is 5.75 Å². The van der Waals surface area contributed by atoms with Gasteiger partial charge >= 0.3 is 0 Å². The lowest BCUT2D eigenvalue weighted by atomic mass is 9.91. The zero-order valence-electron chi connectivity index (χ0n) is 19.2. The van der Waals surface area contributed by atoms with Gasteiger partial charge in [0.2, 0.25) is 0 Å². The Morgan fingerprint density at radius 1 is 1.19 bits per heavy atom. The third-order valence-electron chi connectivity index (χ3n) is 6.23. The molecule has 0 aliphatic carbocycles. The number of H-pyrrole nitrogens is 1. The minimum atomic E-state index is -0.106. The number of aromatic nitrogens is 2. The number of ketones is 1. The van der Waals surface area contributed by atoms with E-state index in [4.69, 9.17) is 4.74 Å². The second-order valence-electron chi connectivity index (χ2n) is 9.01. The average Bonchev–Trinajstić information content (AvgIpc) is 2.93. The number of hydrogen-bond donors (Lipinski definition) is 1. The molecular weight excluding hydrogens is 400 g/mol. The third kappa shape index (κ3) is 4.67. The molecule has 3 aromatic rings. The SMILES string of the molecule is Cc1ccc(-c2cc(C(=O)CCc3c(C)cc(C)[nH]c3=O)cc3c2OCCC(C)C3)cn1. The van der Waals surface area contributed by atoms with E-state index in [0.29, 0.717) is 30.1 Å². The molecule has 2 aromatic heterocycles. The van der Waals surface area contributed by atoms with Crippen LogP contribution in [0.25, 0.3) is 11.1 Å². The van der Waals surface area contributed by atoms with Crippen LogP contribution in [0, 0.1) is 26.7 Å². The summed E-state index contributed by atoms with van der Waals surface area (Å²) in [7, 11) is 0. The second kappa shape index (κ2) is 9.11. The summed E-state index contributed by atoms with van der Waals surface area (Å²) >= 11 is 0. The van der Waals surface area contributed by atoms with Gasteiger partial charge in [0.05, 0.1) is 6.61 Å². The number of pyridine rings is 2. The Hall–Kier alpha value is -3.21. The Morgan fingerprint density at radius 3 is 2.72 bits per heavy atom. The Labute approximate surface area is 188 Å². The van der Waals surface area contributed by atoms with Gasteiger partial charge in [-0.15, -0.1) is 0 Å². The van der Waals surface area contributed by atoms with Crippen LogP contribution in [0.4, 0.5) is 0 Å². The fraction of sp³-hybridized carbons (Fsp3) is 0.370. The van der Waals surface area contributed by atoms with E-state index in [2.05, 4.69) is 16.9 Å². The predicted octanol–water partition coefficient (Wildman–Crippen LogP) is 5.14. The summed E-state index contributed by atoms with van der Waals surface area (Å²) < 4.78 is 6.16. The standard InChI is InChI=1S/C27H30N2O3/c1-16-9-10-32-26-22(11-16)13-21(14-24(26)20-6-5-18(3)28-15-20)25(30)8-7-23-17(2)12-19(4)29-27(23)31/h5-6,12-16H,7-11H2,1-4H3,(H,29,31). The van der Waals surface area contributed by atoms with E-state index in [-0.39, 0.29) is 17.8 Å². The Morgan fingerprint density at radius 2 is 2.00 bits per heavy atom. The van der Waals surface area contributed by atoms with Crippen molar-refractivity contribution in [2.24, 2.45) is 5.92 Å². The predicted molar refractivity (Wildman–Crippen MR) is 127 cm³/mol. The summed E-state index contributed by atoms with van der Waals surface area (Å²) in [6.45, 7) is 8.63. The highest BCUT2D eigenvalue weighted by atomic mass is 16.5. The first-order valence-electron chi connectivity index (χ1n) is 11.3. The largest absolute Gasteiger partial charge is 0.493 e. The van der Waals surface area contributed by atoms with Crippen LogP contribution in [-0.2, 0) is 12.8 Å². The van der Waals surface area contributed by atoms with Gasteiger partial charge in [0.25, 0.3) is 5.56 Å². The van der Waals surface area contributed by atoms with Gasteiger partial charge in [-0.1, -0.05) is 13.0 Å². The molecule has 3 heterocycles. The molecule has 5 nitrogen and oxygen atoms in total. The molecule has 5 heteroatoms. The first kappa shape index (κ1) is 22.0. The highest BCUT2D eigenvalue weighted by Gasteiger charge is 2.22. The molecule has 0 radical (unpaired) electrons. The summed E-state index contributed by atoms with van der Waals surface area (Å²) in [6, 6.07) is 9.86. The number of carbonyl (C=O) groups is 1. The van der Waals surface area contributed by atoms with E-state index < -0.39 is 0 Å². The highest BCUT2D eigenvalue weighted by molar-refractivity contribution is 5.98. The maximum atomic E-state index is 13.2. The molecular formula is C27H30N2O3. The topological polar surface area (TPSA) is 72.0 Å². The minimum Gasteiger partial charge on any atom is -0.493 e. The van der Waals surface area contributed by atoms with Crippen molar-refractivity contribution in [1.82, 2.24) is 9.97 Å². The minimum absolute atomic E-state index is 0.0328.